The Labute approximate surface area is 81.0 Å². The van der Waals surface area contributed by atoms with E-state index in [9.17, 15) is 4.79 Å². The molecule has 0 unspecified atom stereocenters. The predicted molar refractivity (Wildman–Crippen MR) is 51.2 cm³/mol. The highest BCUT2D eigenvalue weighted by molar-refractivity contribution is 5.82. The molecule has 0 saturated carbocycles. The van der Waals surface area contributed by atoms with Gasteiger partial charge in [0.05, 0.1) is 0 Å². The summed E-state index contributed by atoms with van der Waals surface area (Å²) in [4.78, 5) is 17.8. The van der Waals surface area contributed by atoms with Crippen molar-refractivity contribution in [3.05, 3.63) is 29.4 Å². The Morgan fingerprint density at radius 3 is 2.79 bits per heavy atom. The molecule has 0 aliphatic carbocycles. The first kappa shape index (κ1) is 8.74. The number of hydrogen-bond acceptors (Lipinski definition) is 3. The monoisotopic (exact) mass is 190 g/mol. The molecule has 14 heavy (non-hydrogen) atoms. The number of imidazole rings is 1. The topological polar surface area (TPSA) is 58.9 Å². The van der Waals surface area contributed by atoms with Gasteiger partial charge in [-0.1, -0.05) is 0 Å². The number of H-pyrrole nitrogens is 1. The number of aryl methyl sites for hydroxylation is 2. The summed E-state index contributed by atoms with van der Waals surface area (Å²) in [5.74, 6) is 2.13. The normalized spacial score (nSPS) is 10.4. The van der Waals surface area contributed by atoms with Crippen molar-refractivity contribution in [1.82, 2.24) is 9.97 Å². The molecule has 2 aromatic heterocycles. The lowest BCUT2D eigenvalue weighted by Crippen LogP contribution is -1.83. The molecule has 0 aromatic carbocycles. The van der Waals surface area contributed by atoms with Crippen LogP contribution in [0.5, 0.6) is 0 Å². The SMILES string of the molecule is Cc1nc(-c2ccc(C)o2)c(C=O)[nH]1. The molecule has 0 aliphatic rings. The van der Waals surface area contributed by atoms with E-state index in [-0.39, 0.29) is 0 Å². The van der Waals surface area contributed by atoms with Gasteiger partial charge in [-0.05, 0) is 26.0 Å². The molecule has 0 radical (unpaired) electrons. The van der Waals surface area contributed by atoms with Gasteiger partial charge < -0.3 is 9.40 Å². The Morgan fingerprint density at radius 2 is 2.21 bits per heavy atom. The maximum Gasteiger partial charge on any atom is 0.168 e. The third kappa shape index (κ3) is 1.35. The van der Waals surface area contributed by atoms with E-state index in [4.69, 9.17) is 4.42 Å². The Morgan fingerprint density at radius 1 is 1.43 bits per heavy atom. The number of furan rings is 1. The molecule has 0 fully saturated rings. The van der Waals surface area contributed by atoms with Crippen LogP contribution < -0.4 is 0 Å². The van der Waals surface area contributed by atoms with Crippen LogP contribution >= 0.6 is 0 Å². The molecule has 2 aromatic rings. The highest BCUT2D eigenvalue weighted by Crippen LogP contribution is 2.22. The lowest BCUT2D eigenvalue weighted by Gasteiger charge is -1.90. The van der Waals surface area contributed by atoms with E-state index in [1.54, 1.807) is 13.0 Å². The van der Waals surface area contributed by atoms with Gasteiger partial charge in [-0.25, -0.2) is 4.98 Å². The third-order valence-electron chi connectivity index (χ3n) is 1.94. The minimum atomic E-state index is 0.455. The van der Waals surface area contributed by atoms with Gasteiger partial charge >= 0.3 is 0 Å². The fourth-order valence-corrected chi connectivity index (χ4v) is 1.34. The van der Waals surface area contributed by atoms with Gasteiger partial charge in [0.2, 0.25) is 0 Å². The molecule has 0 bridgehead atoms. The van der Waals surface area contributed by atoms with Crippen LogP contribution in [0.4, 0.5) is 0 Å². The van der Waals surface area contributed by atoms with Crippen LogP contribution in [-0.4, -0.2) is 16.3 Å². The number of aldehydes is 1. The van der Waals surface area contributed by atoms with Crippen LogP contribution in [0.2, 0.25) is 0 Å². The molecule has 0 amide bonds. The lowest BCUT2D eigenvalue weighted by atomic mass is 10.3. The summed E-state index contributed by atoms with van der Waals surface area (Å²) in [6.07, 6.45) is 0.743. The lowest BCUT2D eigenvalue weighted by molar-refractivity contribution is 0.112. The molecule has 4 heteroatoms. The second-order valence-corrected chi connectivity index (χ2v) is 3.11. The van der Waals surface area contributed by atoms with Crippen molar-refractivity contribution < 1.29 is 9.21 Å². The van der Waals surface area contributed by atoms with E-state index in [0.717, 1.165) is 12.0 Å². The minimum Gasteiger partial charge on any atom is -0.460 e. The Bertz CT molecular complexity index is 468. The van der Waals surface area contributed by atoms with Crippen molar-refractivity contribution in [2.45, 2.75) is 13.8 Å². The zero-order valence-corrected chi connectivity index (χ0v) is 8.00. The van der Waals surface area contributed by atoms with Crippen LogP contribution in [-0.2, 0) is 0 Å². The first-order chi connectivity index (χ1) is 6.70. The predicted octanol–water partition coefficient (Wildman–Crippen LogP) is 2.10. The standard InChI is InChI=1S/C10H10N2O2/c1-6-3-4-9(14-6)10-8(5-13)11-7(2)12-10/h3-5H,1-2H3,(H,11,12). The molecule has 0 atom stereocenters. The Hall–Kier alpha value is -1.84. The Kier molecular flexibility index (Phi) is 1.96. The molecule has 72 valence electrons. The van der Waals surface area contributed by atoms with E-state index in [1.807, 2.05) is 13.0 Å². The quantitative estimate of drug-likeness (QED) is 0.737. The largest absolute Gasteiger partial charge is 0.460 e. The van der Waals surface area contributed by atoms with E-state index in [1.165, 1.54) is 0 Å². The number of nitrogens with zero attached hydrogens (tertiary/aromatic N) is 1. The van der Waals surface area contributed by atoms with E-state index in [2.05, 4.69) is 9.97 Å². The summed E-state index contributed by atoms with van der Waals surface area (Å²) in [6.45, 7) is 3.65. The molecule has 2 rings (SSSR count). The van der Waals surface area contributed by atoms with Crippen LogP contribution in [0, 0.1) is 13.8 Å². The maximum atomic E-state index is 10.7. The summed E-state index contributed by atoms with van der Waals surface area (Å²) in [5, 5.41) is 0. The van der Waals surface area contributed by atoms with Crippen molar-refractivity contribution in [3.63, 3.8) is 0 Å². The van der Waals surface area contributed by atoms with Crippen LogP contribution in [0.25, 0.3) is 11.5 Å². The number of carbonyl (C=O) groups excluding carboxylic acids is 1. The smallest absolute Gasteiger partial charge is 0.168 e. The van der Waals surface area contributed by atoms with Gasteiger partial charge in [-0.2, -0.15) is 0 Å². The summed E-state index contributed by atoms with van der Waals surface area (Å²) in [6, 6.07) is 3.64. The molecule has 0 spiro atoms. The average molecular weight is 190 g/mol. The summed E-state index contributed by atoms with van der Waals surface area (Å²) in [7, 11) is 0. The zero-order chi connectivity index (χ0) is 10.1. The second kappa shape index (κ2) is 3.14. The molecule has 4 nitrogen and oxygen atoms in total. The minimum absolute atomic E-state index is 0.455. The van der Waals surface area contributed by atoms with E-state index < -0.39 is 0 Å². The van der Waals surface area contributed by atoms with Crippen LogP contribution in [0.15, 0.2) is 16.5 Å². The first-order valence-corrected chi connectivity index (χ1v) is 4.29. The van der Waals surface area contributed by atoms with Gasteiger partial charge in [0.25, 0.3) is 0 Å². The van der Waals surface area contributed by atoms with Crippen molar-refractivity contribution in [1.29, 1.82) is 0 Å². The summed E-state index contributed by atoms with van der Waals surface area (Å²) >= 11 is 0. The van der Waals surface area contributed by atoms with E-state index >= 15 is 0 Å². The van der Waals surface area contributed by atoms with Gasteiger partial charge in [0, 0.05) is 0 Å². The summed E-state index contributed by atoms with van der Waals surface area (Å²) in [5.41, 5.74) is 1.03. The number of nitrogens with one attached hydrogen (secondary N) is 1. The summed E-state index contributed by atoms with van der Waals surface area (Å²) < 4.78 is 5.38. The Balaban J connectivity index is 2.55. The number of rotatable bonds is 2. The highest BCUT2D eigenvalue weighted by atomic mass is 16.3. The van der Waals surface area contributed by atoms with E-state index in [0.29, 0.717) is 23.0 Å². The number of aromatic nitrogens is 2. The van der Waals surface area contributed by atoms with Crippen molar-refractivity contribution >= 4 is 6.29 Å². The first-order valence-electron chi connectivity index (χ1n) is 4.29. The molecule has 1 N–H and O–H groups in total. The molecule has 0 saturated heterocycles. The zero-order valence-electron chi connectivity index (χ0n) is 8.00. The number of carbonyl (C=O) groups is 1. The highest BCUT2D eigenvalue weighted by Gasteiger charge is 2.12. The fourth-order valence-electron chi connectivity index (χ4n) is 1.34. The molecular formula is C10H10N2O2. The van der Waals surface area contributed by atoms with Gasteiger partial charge in [-0.15, -0.1) is 0 Å². The average Bonchev–Trinajstić information content (AvgIpc) is 2.71. The van der Waals surface area contributed by atoms with Crippen LogP contribution in [0.1, 0.15) is 22.1 Å². The second-order valence-electron chi connectivity index (χ2n) is 3.11. The number of aromatic amines is 1. The van der Waals surface area contributed by atoms with Gasteiger partial charge in [0.15, 0.2) is 12.0 Å². The molecule has 0 aliphatic heterocycles. The third-order valence-corrected chi connectivity index (χ3v) is 1.94. The maximum absolute atomic E-state index is 10.7. The van der Waals surface area contributed by atoms with Crippen molar-refractivity contribution in [3.8, 4) is 11.5 Å². The van der Waals surface area contributed by atoms with Crippen LogP contribution in [0.3, 0.4) is 0 Å². The number of hydrogen-bond donors (Lipinski definition) is 1. The molecule has 2 heterocycles. The van der Waals surface area contributed by atoms with Crippen molar-refractivity contribution in [2.24, 2.45) is 0 Å². The van der Waals surface area contributed by atoms with Gasteiger partial charge in [0.1, 0.15) is 23.0 Å². The fraction of sp³-hybridized carbons (Fsp3) is 0.200. The molecular weight excluding hydrogens is 180 g/mol. The van der Waals surface area contributed by atoms with Gasteiger partial charge in [-0.3, -0.25) is 4.79 Å². The van der Waals surface area contributed by atoms with Crippen molar-refractivity contribution in [2.75, 3.05) is 0 Å².